The highest BCUT2D eigenvalue weighted by Gasteiger charge is 2.26. The monoisotopic (exact) mass is 768 g/mol. The molecule has 0 bridgehead atoms. The van der Waals surface area contributed by atoms with Gasteiger partial charge in [-0.05, 0) is 67.4 Å². The lowest BCUT2D eigenvalue weighted by Crippen LogP contribution is -2.50. The van der Waals surface area contributed by atoms with E-state index < -0.39 is 17.9 Å². The van der Waals surface area contributed by atoms with Crippen LogP contribution in [0.25, 0.3) is 21.8 Å². The number of nitrogens with one attached hydrogen (secondary N) is 4. The van der Waals surface area contributed by atoms with E-state index in [2.05, 4.69) is 31.2 Å². The minimum atomic E-state index is -0.979. The van der Waals surface area contributed by atoms with Crippen LogP contribution >= 0.6 is 0 Å². The molecule has 1 atom stereocenters. The number of aromatic nitrogens is 2. The highest BCUT2D eigenvalue weighted by atomic mass is 16.5. The third-order valence-corrected chi connectivity index (χ3v) is 9.88. The third-order valence-electron chi connectivity index (χ3n) is 9.88. The summed E-state index contributed by atoms with van der Waals surface area (Å²) < 4.78 is 5.49. The van der Waals surface area contributed by atoms with Crippen molar-refractivity contribution in [3.8, 4) is 11.6 Å². The van der Waals surface area contributed by atoms with Crippen molar-refractivity contribution in [3.05, 3.63) is 114 Å². The number of benzene rings is 4. The molecule has 6 N–H and O–H groups in total. The largest absolute Gasteiger partial charge is 0.508 e. The van der Waals surface area contributed by atoms with Gasteiger partial charge in [-0.25, -0.2) is 14.8 Å². The zero-order chi connectivity index (χ0) is 40.1. The Morgan fingerprint density at radius 2 is 1.51 bits per heavy atom. The van der Waals surface area contributed by atoms with Crippen molar-refractivity contribution in [2.45, 2.75) is 32.9 Å². The molecular formula is C43H44N8O6. The summed E-state index contributed by atoms with van der Waals surface area (Å²) in [7, 11) is 1.44. The molecule has 3 heterocycles. The number of carbonyl (C=O) groups excluding carboxylic acids is 3. The number of phenolic OH excluding ortho intramolecular Hbond substituents is 1. The Bertz CT molecular complexity index is 2410. The zero-order valence-electron chi connectivity index (χ0n) is 31.9. The number of methoxy groups -OCH3 is 1. The van der Waals surface area contributed by atoms with E-state index in [0.717, 1.165) is 33.2 Å². The van der Waals surface area contributed by atoms with Gasteiger partial charge in [0, 0.05) is 60.1 Å². The van der Waals surface area contributed by atoms with E-state index in [1.165, 1.54) is 13.2 Å². The van der Waals surface area contributed by atoms with Crippen molar-refractivity contribution in [1.29, 1.82) is 0 Å². The lowest BCUT2D eigenvalue weighted by molar-refractivity contribution is -0.117. The van der Waals surface area contributed by atoms with E-state index >= 15 is 0 Å². The molecule has 1 fully saturated rings. The first kappa shape index (κ1) is 38.3. The third kappa shape index (κ3) is 8.50. The van der Waals surface area contributed by atoms with E-state index in [9.17, 15) is 24.6 Å². The highest BCUT2D eigenvalue weighted by Crippen LogP contribution is 2.34. The summed E-state index contributed by atoms with van der Waals surface area (Å²) in [6, 6.07) is 28.0. The number of phenols is 1. The number of para-hydroxylation sites is 2. The van der Waals surface area contributed by atoms with Crippen molar-refractivity contribution in [2.24, 2.45) is 0 Å². The highest BCUT2D eigenvalue weighted by molar-refractivity contribution is 6.09. The number of pyridine rings is 2. The Kier molecular flexibility index (Phi) is 11.3. The molecule has 0 saturated carbocycles. The van der Waals surface area contributed by atoms with Gasteiger partial charge in [0.15, 0.2) is 0 Å². The Hall–Kier alpha value is -6.93. The minimum absolute atomic E-state index is 0.155. The normalized spacial score (nSPS) is 13.3. The molecule has 7 rings (SSSR count). The van der Waals surface area contributed by atoms with E-state index in [0.29, 0.717) is 55.2 Å². The van der Waals surface area contributed by atoms with E-state index in [1.54, 1.807) is 48.2 Å². The smallest absolute Gasteiger partial charge is 0.322 e. The quantitative estimate of drug-likeness (QED) is 0.0807. The van der Waals surface area contributed by atoms with Gasteiger partial charge in [-0.15, -0.1) is 0 Å². The maximum absolute atomic E-state index is 13.7. The zero-order valence-corrected chi connectivity index (χ0v) is 31.9. The van der Waals surface area contributed by atoms with Crippen LogP contribution < -0.4 is 30.9 Å². The van der Waals surface area contributed by atoms with Gasteiger partial charge in [0.25, 0.3) is 5.91 Å². The van der Waals surface area contributed by atoms with Crippen LogP contribution in [0.4, 0.5) is 33.2 Å². The van der Waals surface area contributed by atoms with Crippen LogP contribution in [0, 0.1) is 0 Å². The molecule has 4 amide bonds. The number of ether oxygens (including phenoxy) is 1. The molecule has 14 nitrogen and oxygen atoms in total. The predicted molar refractivity (Wildman–Crippen MR) is 222 cm³/mol. The SMILES string of the molecule is CCc1nc(OC)c(NC(=O)N2CCN(c3cccc(O)c3)CC2)cc1C(=O)NC(C)C(=O)Nc1cc(CO)cc(Nc2c3ccccc3nc3ccccc23)c1. The number of rotatable bonds is 11. The second-order valence-corrected chi connectivity index (χ2v) is 13.7. The lowest BCUT2D eigenvalue weighted by Gasteiger charge is -2.36. The summed E-state index contributed by atoms with van der Waals surface area (Å²) in [5.74, 6) is -0.704. The van der Waals surface area contributed by atoms with Crippen molar-refractivity contribution >= 4 is 68.1 Å². The number of amides is 4. The van der Waals surface area contributed by atoms with Gasteiger partial charge < -0.3 is 46.0 Å². The second kappa shape index (κ2) is 16.8. The van der Waals surface area contributed by atoms with Crippen LogP contribution in [0.1, 0.15) is 35.5 Å². The Morgan fingerprint density at radius 3 is 2.16 bits per heavy atom. The molecular weight excluding hydrogens is 725 g/mol. The van der Waals surface area contributed by atoms with Gasteiger partial charge in [0.1, 0.15) is 17.5 Å². The van der Waals surface area contributed by atoms with Crippen LogP contribution in [0.2, 0.25) is 0 Å². The van der Waals surface area contributed by atoms with Crippen LogP contribution in [-0.4, -0.2) is 82.3 Å². The summed E-state index contributed by atoms with van der Waals surface area (Å²) in [6.45, 7) is 5.14. The lowest BCUT2D eigenvalue weighted by atomic mass is 10.1. The number of fused-ring (bicyclic) bond motifs is 2. The van der Waals surface area contributed by atoms with Gasteiger partial charge in [0.05, 0.1) is 41.7 Å². The Balaban J connectivity index is 1.04. The molecule has 57 heavy (non-hydrogen) atoms. The maximum atomic E-state index is 13.7. The molecule has 1 saturated heterocycles. The number of aryl methyl sites for hydroxylation is 1. The molecule has 6 aromatic rings. The van der Waals surface area contributed by atoms with Crippen molar-refractivity contribution in [2.75, 3.05) is 54.1 Å². The van der Waals surface area contributed by atoms with Crippen molar-refractivity contribution < 1.29 is 29.3 Å². The molecule has 2 aromatic heterocycles. The number of aliphatic hydroxyl groups excluding tert-OH is 1. The van der Waals surface area contributed by atoms with Crippen LogP contribution in [0.15, 0.2) is 97.1 Å². The first-order valence-corrected chi connectivity index (χ1v) is 18.7. The summed E-state index contributed by atoms with van der Waals surface area (Å²) in [6.07, 6.45) is 0.386. The number of anilines is 5. The van der Waals surface area contributed by atoms with Gasteiger partial charge in [-0.3, -0.25) is 9.59 Å². The van der Waals surface area contributed by atoms with Gasteiger partial charge in [0.2, 0.25) is 11.8 Å². The van der Waals surface area contributed by atoms with E-state index in [-0.39, 0.29) is 35.5 Å². The number of hydrogen-bond acceptors (Lipinski definition) is 10. The summed E-state index contributed by atoms with van der Waals surface area (Å²) in [5, 5.41) is 33.8. The molecule has 0 spiro atoms. The number of nitrogens with zero attached hydrogens (tertiary/aromatic N) is 4. The van der Waals surface area contributed by atoms with Crippen LogP contribution in [0.3, 0.4) is 0 Å². The summed E-state index contributed by atoms with van der Waals surface area (Å²) in [4.78, 5) is 53.7. The number of hydrogen-bond donors (Lipinski definition) is 6. The molecule has 292 valence electrons. The van der Waals surface area contributed by atoms with E-state index in [4.69, 9.17) is 9.72 Å². The standard InChI is InChI=1S/C43H44N8O6/c1-4-35-34(24-38(42(48-35)57-3)49-43(56)51-18-16-50(17-19-51)30-10-9-11-31(53)23-30)41(55)44-26(2)40(54)46-29-21-27(25-52)20-28(22-29)45-39-32-12-5-7-14-36(32)47-37-15-8-6-13-33(37)39/h5-15,20-24,26,52-53H,4,16-19,25H2,1-3H3,(H,44,55)(H,45,47)(H,46,54)(H,49,56). The Morgan fingerprint density at radius 1 is 0.825 bits per heavy atom. The first-order valence-electron chi connectivity index (χ1n) is 18.7. The van der Waals surface area contributed by atoms with Crippen LogP contribution in [0.5, 0.6) is 11.6 Å². The molecule has 1 unspecified atom stereocenters. The maximum Gasteiger partial charge on any atom is 0.322 e. The topological polar surface area (TPSA) is 181 Å². The molecule has 1 aliphatic heterocycles. The number of aromatic hydroxyl groups is 1. The number of urea groups is 1. The number of aliphatic hydroxyl groups is 1. The number of carbonyl (C=O) groups is 3. The molecule has 0 radical (unpaired) electrons. The fraction of sp³-hybridized carbons (Fsp3) is 0.233. The molecule has 1 aliphatic rings. The predicted octanol–water partition coefficient (Wildman–Crippen LogP) is 6.41. The van der Waals surface area contributed by atoms with Gasteiger partial charge >= 0.3 is 6.03 Å². The van der Waals surface area contributed by atoms with Crippen molar-refractivity contribution in [3.63, 3.8) is 0 Å². The second-order valence-electron chi connectivity index (χ2n) is 13.7. The minimum Gasteiger partial charge on any atom is -0.508 e. The fourth-order valence-corrected chi connectivity index (χ4v) is 6.93. The summed E-state index contributed by atoms with van der Waals surface area (Å²) >= 11 is 0. The fourth-order valence-electron chi connectivity index (χ4n) is 6.93. The number of piperazine rings is 1. The molecule has 14 heteroatoms. The van der Waals surface area contributed by atoms with E-state index in [1.807, 2.05) is 61.5 Å². The van der Waals surface area contributed by atoms with Crippen molar-refractivity contribution in [1.82, 2.24) is 20.2 Å². The average Bonchev–Trinajstić information content (AvgIpc) is 3.23. The Labute approximate surface area is 329 Å². The van der Waals surface area contributed by atoms with Gasteiger partial charge in [-0.2, -0.15) is 0 Å². The van der Waals surface area contributed by atoms with Gasteiger partial charge in [-0.1, -0.05) is 49.4 Å². The molecule has 0 aliphatic carbocycles. The summed E-state index contributed by atoms with van der Waals surface area (Å²) in [5.41, 5.74) is 5.82. The molecule has 4 aromatic carbocycles. The van der Waals surface area contributed by atoms with Crippen LogP contribution in [-0.2, 0) is 17.8 Å². The first-order chi connectivity index (χ1) is 27.6. The average molecular weight is 769 g/mol.